The van der Waals surface area contributed by atoms with Crippen LogP contribution in [0, 0.1) is 0 Å². The van der Waals surface area contributed by atoms with Gasteiger partial charge in [-0.2, -0.15) is 5.10 Å². The summed E-state index contributed by atoms with van der Waals surface area (Å²) in [4.78, 5) is 12.2. The molecule has 28 heavy (non-hydrogen) atoms. The highest BCUT2D eigenvalue weighted by molar-refractivity contribution is 6.01. The van der Waals surface area contributed by atoms with Crippen molar-refractivity contribution in [3.8, 4) is 11.5 Å². The molecule has 1 amide bonds. The van der Waals surface area contributed by atoms with Crippen molar-refractivity contribution in [1.82, 2.24) is 9.78 Å². The van der Waals surface area contributed by atoms with Crippen molar-refractivity contribution in [1.29, 1.82) is 0 Å². The fourth-order valence-corrected chi connectivity index (χ4v) is 2.70. The smallest absolute Gasteiger partial charge is 0.248 e. The van der Waals surface area contributed by atoms with Gasteiger partial charge in [0.15, 0.2) is 11.5 Å². The van der Waals surface area contributed by atoms with Crippen LogP contribution in [0.3, 0.4) is 0 Å². The summed E-state index contributed by atoms with van der Waals surface area (Å²) in [6, 6.07) is 15.1. The number of aromatic nitrogens is 2. The highest BCUT2D eigenvalue weighted by Crippen LogP contribution is 2.28. The fraction of sp³-hybridized carbons (Fsp3) is 0.182. The summed E-state index contributed by atoms with van der Waals surface area (Å²) in [7, 11) is 1.60. The van der Waals surface area contributed by atoms with Crippen LogP contribution in [0.25, 0.3) is 6.08 Å². The van der Waals surface area contributed by atoms with E-state index in [1.54, 1.807) is 19.4 Å². The van der Waals surface area contributed by atoms with Gasteiger partial charge in [-0.05, 0) is 54.5 Å². The number of nitrogens with one attached hydrogen (secondary N) is 1. The van der Waals surface area contributed by atoms with Gasteiger partial charge in [-0.15, -0.1) is 0 Å². The van der Waals surface area contributed by atoms with E-state index in [0.29, 0.717) is 24.7 Å². The zero-order chi connectivity index (χ0) is 19.8. The lowest BCUT2D eigenvalue weighted by atomic mass is 10.2. The Hall–Kier alpha value is -3.54. The molecule has 0 bridgehead atoms. The summed E-state index contributed by atoms with van der Waals surface area (Å²) in [5.41, 5.74) is 2.71. The van der Waals surface area contributed by atoms with Gasteiger partial charge in [0.2, 0.25) is 5.91 Å². The molecule has 0 saturated carbocycles. The third-order valence-electron chi connectivity index (χ3n) is 4.04. The number of rotatable bonds is 8. The molecule has 0 atom stereocenters. The maximum atomic E-state index is 12.2. The van der Waals surface area contributed by atoms with Crippen molar-refractivity contribution >= 4 is 17.7 Å². The minimum atomic E-state index is -0.200. The van der Waals surface area contributed by atoms with Crippen LogP contribution in [0.1, 0.15) is 18.1 Å². The van der Waals surface area contributed by atoms with Gasteiger partial charge in [0, 0.05) is 24.2 Å². The summed E-state index contributed by atoms with van der Waals surface area (Å²) in [6.07, 6.45) is 6.90. The first-order valence-corrected chi connectivity index (χ1v) is 9.04. The molecule has 0 unspecified atom stereocenters. The minimum Gasteiger partial charge on any atom is -0.493 e. The van der Waals surface area contributed by atoms with E-state index in [1.165, 1.54) is 6.08 Å². The van der Waals surface area contributed by atoms with Gasteiger partial charge in [-0.3, -0.25) is 9.48 Å². The summed E-state index contributed by atoms with van der Waals surface area (Å²) in [5, 5.41) is 7.04. The van der Waals surface area contributed by atoms with Gasteiger partial charge in [-0.1, -0.05) is 18.2 Å². The van der Waals surface area contributed by atoms with Crippen molar-refractivity contribution in [2.45, 2.75) is 13.5 Å². The second-order valence-corrected chi connectivity index (χ2v) is 6.07. The molecule has 1 heterocycles. The van der Waals surface area contributed by atoms with Gasteiger partial charge in [0.05, 0.1) is 20.3 Å². The van der Waals surface area contributed by atoms with Gasteiger partial charge in [-0.25, -0.2) is 0 Å². The van der Waals surface area contributed by atoms with Crippen molar-refractivity contribution in [2.75, 3.05) is 19.0 Å². The van der Waals surface area contributed by atoms with E-state index in [0.717, 1.165) is 16.8 Å². The highest BCUT2D eigenvalue weighted by Gasteiger charge is 2.04. The molecule has 0 radical (unpaired) electrons. The Morgan fingerprint density at radius 1 is 1.18 bits per heavy atom. The van der Waals surface area contributed by atoms with E-state index in [4.69, 9.17) is 9.47 Å². The van der Waals surface area contributed by atoms with E-state index < -0.39 is 0 Å². The average Bonchev–Trinajstić information content (AvgIpc) is 3.21. The Balaban J connectivity index is 1.59. The first-order chi connectivity index (χ1) is 13.7. The predicted molar refractivity (Wildman–Crippen MR) is 110 cm³/mol. The summed E-state index contributed by atoms with van der Waals surface area (Å²) in [6.45, 7) is 3.15. The van der Waals surface area contributed by atoms with Crippen LogP contribution < -0.4 is 14.8 Å². The lowest BCUT2D eigenvalue weighted by Crippen LogP contribution is -2.08. The SMILES string of the molecule is CCOc1cc(C=CC(=O)Nc2ccc(Cn3cccn3)cc2)ccc1OC. The van der Waals surface area contributed by atoms with Crippen LogP contribution in [-0.4, -0.2) is 29.4 Å². The predicted octanol–water partition coefficient (Wildman–Crippen LogP) is 3.99. The zero-order valence-corrected chi connectivity index (χ0v) is 16.0. The monoisotopic (exact) mass is 377 g/mol. The summed E-state index contributed by atoms with van der Waals surface area (Å²) < 4.78 is 12.7. The van der Waals surface area contributed by atoms with Crippen molar-refractivity contribution in [3.63, 3.8) is 0 Å². The molecule has 3 aromatic rings. The molecular weight excluding hydrogens is 354 g/mol. The number of ether oxygens (including phenoxy) is 2. The zero-order valence-electron chi connectivity index (χ0n) is 16.0. The normalized spacial score (nSPS) is 10.8. The van der Waals surface area contributed by atoms with Gasteiger partial charge in [0.25, 0.3) is 0 Å². The summed E-state index contributed by atoms with van der Waals surface area (Å²) >= 11 is 0. The van der Waals surface area contributed by atoms with Crippen LogP contribution in [-0.2, 0) is 11.3 Å². The van der Waals surface area contributed by atoms with E-state index in [-0.39, 0.29) is 5.91 Å². The quantitative estimate of drug-likeness (QED) is 0.603. The standard InChI is InChI=1S/C22H23N3O3/c1-3-28-21-15-17(7-11-20(21)27-2)8-12-22(26)24-19-9-5-18(6-10-19)16-25-14-4-13-23-25/h4-15H,3,16H2,1-2H3,(H,24,26). The third-order valence-corrected chi connectivity index (χ3v) is 4.04. The molecule has 1 N–H and O–H groups in total. The highest BCUT2D eigenvalue weighted by atomic mass is 16.5. The number of hydrogen-bond donors (Lipinski definition) is 1. The molecular formula is C22H23N3O3. The lowest BCUT2D eigenvalue weighted by molar-refractivity contribution is -0.111. The maximum Gasteiger partial charge on any atom is 0.248 e. The molecule has 0 aliphatic heterocycles. The Morgan fingerprint density at radius 3 is 2.68 bits per heavy atom. The molecule has 144 valence electrons. The number of carbonyl (C=O) groups excluding carboxylic acids is 1. The number of hydrogen-bond acceptors (Lipinski definition) is 4. The number of amides is 1. The Morgan fingerprint density at radius 2 is 2.00 bits per heavy atom. The van der Waals surface area contributed by atoms with Crippen molar-refractivity contribution in [3.05, 3.63) is 78.1 Å². The first-order valence-electron chi connectivity index (χ1n) is 9.04. The van der Waals surface area contributed by atoms with Crippen molar-refractivity contribution in [2.24, 2.45) is 0 Å². The van der Waals surface area contributed by atoms with Crippen LogP contribution in [0.15, 0.2) is 67.0 Å². The maximum absolute atomic E-state index is 12.2. The van der Waals surface area contributed by atoms with Crippen LogP contribution in [0.5, 0.6) is 11.5 Å². The van der Waals surface area contributed by atoms with Gasteiger partial charge >= 0.3 is 0 Å². The second kappa shape index (κ2) is 9.41. The van der Waals surface area contributed by atoms with E-state index >= 15 is 0 Å². The first kappa shape index (κ1) is 19.2. The molecule has 3 rings (SSSR count). The van der Waals surface area contributed by atoms with Gasteiger partial charge in [0.1, 0.15) is 0 Å². The van der Waals surface area contributed by atoms with E-state index in [2.05, 4.69) is 10.4 Å². The fourth-order valence-electron chi connectivity index (χ4n) is 2.70. The van der Waals surface area contributed by atoms with Crippen LogP contribution in [0.2, 0.25) is 0 Å². The lowest BCUT2D eigenvalue weighted by Gasteiger charge is -2.09. The Kier molecular flexibility index (Phi) is 6.46. The Labute approximate surface area is 164 Å². The number of nitrogens with zero attached hydrogens (tertiary/aromatic N) is 2. The molecule has 0 aliphatic carbocycles. The molecule has 2 aromatic carbocycles. The van der Waals surface area contributed by atoms with E-state index in [1.807, 2.05) is 66.3 Å². The average molecular weight is 377 g/mol. The van der Waals surface area contributed by atoms with Gasteiger partial charge < -0.3 is 14.8 Å². The molecule has 1 aromatic heterocycles. The summed E-state index contributed by atoms with van der Waals surface area (Å²) in [5.74, 6) is 1.12. The minimum absolute atomic E-state index is 0.200. The molecule has 6 heteroatoms. The molecule has 0 fully saturated rings. The largest absolute Gasteiger partial charge is 0.493 e. The topological polar surface area (TPSA) is 65.4 Å². The molecule has 0 spiro atoms. The van der Waals surface area contributed by atoms with Crippen molar-refractivity contribution < 1.29 is 14.3 Å². The number of anilines is 1. The number of carbonyl (C=O) groups is 1. The van der Waals surface area contributed by atoms with E-state index in [9.17, 15) is 4.79 Å². The second-order valence-electron chi connectivity index (χ2n) is 6.07. The molecule has 0 saturated heterocycles. The van der Waals surface area contributed by atoms with Crippen LogP contribution in [0.4, 0.5) is 5.69 Å². The molecule has 0 aliphatic rings. The Bertz CT molecular complexity index is 932. The number of benzene rings is 2. The molecule has 6 nitrogen and oxygen atoms in total. The van der Waals surface area contributed by atoms with Crippen LogP contribution >= 0.6 is 0 Å². The third kappa shape index (κ3) is 5.23. The number of methoxy groups -OCH3 is 1.